The number of aromatic nitrogens is 1. The second-order valence-electron chi connectivity index (χ2n) is 8.17. The molecule has 2 heterocycles. The third-order valence-electron chi connectivity index (χ3n) is 6.17. The Kier molecular flexibility index (Phi) is 6.85. The second kappa shape index (κ2) is 9.96. The average molecular weight is 435 g/mol. The molecule has 2 amide bonds. The van der Waals surface area contributed by atoms with Crippen LogP contribution in [0.15, 0.2) is 52.9 Å². The van der Waals surface area contributed by atoms with Crippen LogP contribution in [-0.2, 0) is 9.59 Å². The SMILES string of the molecule is CCN(CC)CC(=O)N1CCC(C(=O)Nc2ccc(-c3nc4ccccc4o3)cc2)CC1. The largest absolute Gasteiger partial charge is 0.436 e. The van der Waals surface area contributed by atoms with Crippen molar-refractivity contribution in [1.29, 1.82) is 0 Å². The van der Waals surface area contributed by atoms with Gasteiger partial charge in [0.2, 0.25) is 17.7 Å². The van der Waals surface area contributed by atoms with E-state index in [0.717, 1.165) is 35.4 Å². The fourth-order valence-corrected chi connectivity index (χ4v) is 4.07. The minimum atomic E-state index is -0.0794. The van der Waals surface area contributed by atoms with E-state index in [1.807, 2.05) is 53.4 Å². The first-order valence-corrected chi connectivity index (χ1v) is 11.3. The van der Waals surface area contributed by atoms with Crippen LogP contribution in [0.5, 0.6) is 0 Å². The molecule has 1 aromatic heterocycles. The molecule has 0 saturated carbocycles. The minimum Gasteiger partial charge on any atom is -0.436 e. The van der Waals surface area contributed by atoms with Crippen LogP contribution in [-0.4, -0.2) is 59.3 Å². The Morgan fingerprint density at radius 3 is 2.41 bits per heavy atom. The highest BCUT2D eigenvalue weighted by Crippen LogP contribution is 2.26. The van der Waals surface area contributed by atoms with Gasteiger partial charge in [-0.1, -0.05) is 26.0 Å². The van der Waals surface area contributed by atoms with Crippen LogP contribution in [0.3, 0.4) is 0 Å². The normalized spacial score (nSPS) is 14.8. The number of likely N-dealkylation sites (tertiary alicyclic amines) is 1. The molecule has 4 rings (SSSR count). The Balaban J connectivity index is 1.30. The molecule has 2 aromatic carbocycles. The van der Waals surface area contributed by atoms with Gasteiger partial charge in [0.25, 0.3) is 0 Å². The van der Waals surface area contributed by atoms with Crippen molar-refractivity contribution < 1.29 is 14.0 Å². The van der Waals surface area contributed by atoms with E-state index < -0.39 is 0 Å². The maximum Gasteiger partial charge on any atom is 0.236 e. The first-order chi connectivity index (χ1) is 15.6. The van der Waals surface area contributed by atoms with Crippen LogP contribution in [0.2, 0.25) is 0 Å². The number of rotatable bonds is 7. The molecule has 32 heavy (non-hydrogen) atoms. The zero-order chi connectivity index (χ0) is 22.5. The summed E-state index contributed by atoms with van der Waals surface area (Å²) in [5, 5.41) is 3.01. The predicted octanol–water partition coefficient (Wildman–Crippen LogP) is 4.01. The molecule has 7 heteroatoms. The molecule has 3 aromatic rings. The highest BCUT2D eigenvalue weighted by atomic mass is 16.3. The van der Waals surface area contributed by atoms with Crippen molar-refractivity contribution in [3.63, 3.8) is 0 Å². The van der Waals surface area contributed by atoms with E-state index in [4.69, 9.17) is 4.42 Å². The predicted molar refractivity (Wildman–Crippen MR) is 125 cm³/mol. The van der Waals surface area contributed by atoms with Gasteiger partial charge in [0.05, 0.1) is 6.54 Å². The molecule has 1 aliphatic heterocycles. The molecule has 1 saturated heterocycles. The fourth-order valence-electron chi connectivity index (χ4n) is 4.07. The summed E-state index contributed by atoms with van der Waals surface area (Å²) in [4.78, 5) is 33.7. The molecule has 1 aliphatic rings. The van der Waals surface area contributed by atoms with Gasteiger partial charge >= 0.3 is 0 Å². The molecule has 1 fully saturated rings. The Bertz CT molecular complexity index is 1030. The van der Waals surface area contributed by atoms with Gasteiger partial charge in [-0.05, 0) is 62.3 Å². The summed E-state index contributed by atoms with van der Waals surface area (Å²) < 4.78 is 5.80. The highest BCUT2D eigenvalue weighted by molar-refractivity contribution is 5.93. The number of hydrogen-bond acceptors (Lipinski definition) is 5. The number of carbonyl (C=O) groups excluding carboxylic acids is 2. The van der Waals surface area contributed by atoms with Crippen molar-refractivity contribution >= 4 is 28.6 Å². The Hall–Kier alpha value is -3.19. The van der Waals surface area contributed by atoms with E-state index in [9.17, 15) is 9.59 Å². The average Bonchev–Trinajstić information content (AvgIpc) is 3.27. The lowest BCUT2D eigenvalue weighted by Gasteiger charge is -2.32. The lowest BCUT2D eigenvalue weighted by atomic mass is 9.95. The van der Waals surface area contributed by atoms with E-state index >= 15 is 0 Å². The van der Waals surface area contributed by atoms with Crippen molar-refractivity contribution in [3.8, 4) is 11.5 Å². The topological polar surface area (TPSA) is 78.7 Å². The van der Waals surface area contributed by atoms with Crippen molar-refractivity contribution in [2.45, 2.75) is 26.7 Å². The van der Waals surface area contributed by atoms with Crippen molar-refractivity contribution in [3.05, 3.63) is 48.5 Å². The number of amides is 2. The number of nitrogens with zero attached hydrogens (tertiary/aromatic N) is 3. The molecule has 0 bridgehead atoms. The lowest BCUT2D eigenvalue weighted by Crippen LogP contribution is -2.45. The number of likely N-dealkylation sites (N-methyl/N-ethyl adjacent to an activating group) is 1. The van der Waals surface area contributed by atoms with Crippen LogP contribution in [0.1, 0.15) is 26.7 Å². The van der Waals surface area contributed by atoms with Crippen LogP contribution >= 0.6 is 0 Å². The lowest BCUT2D eigenvalue weighted by molar-refractivity contribution is -0.135. The summed E-state index contributed by atoms with van der Waals surface area (Å²) >= 11 is 0. The molecule has 0 radical (unpaired) electrons. The van der Waals surface area contributed by atoms with Crippen molar-refractivity contribution in [2.24, 2.45) is 5.92 Å². The van der Waals surface area contributed by atoms with Crippen LogP contribution in [0, 0.1) is 5.92 Å². The van der Waals surface area contributed by atoms with E-state index in [0.29, 0.717) is 38.4 Å². The summed E-state index contributed by atoms with van der Waals surface area (Å²) in [6.07, 6.45) is 1.38. The van der Waals surface area contributed by atoms with Gasteiger partial charge in [0.1, 0.15) is 5.52 Å². The summed E-state index contributed by atoms with van der Waals surface area (Å²) in [5.74, 6) is 0.646. The van der Waals surface area contributed by atoms with Crippen LogP contribution in [0.25, 0.3) is 22.6 Å². The van der Waals surface area contributed by atoms with Crippen LogP contribution < -0.4 is 5.32 Å². The molecular weight excluding hydrogens is 404 g/mol. The standard InChI is InChI=1S/C25H30N4O3/c1-3-28(4-2)17-23(30)29-15-13-18(14-16-29)24(31)26-20-11-9-19(10-12-20)25-27-21-7-5-6-8-22(21)32-25/h5-12,18H,3-4,13-17H2,1-2H3,(H,26,31). The molecule has 0 spiro atoms. The van der Waals surface area contributed by atoms with Crippen molar-refractivity contribution in [2.75, 3.05) is 38.0 Å². The number of piperidine rings is 1. The number of carbonyl (C=O) groups is 2. The summed E-state index contributed by atoms with van der Waals surface area (Å²) in [6, 6.07) is 15.2. The quantitative estimate of drug-likeness (QED) is 0.608. The van der Waals surface area contributed by atoms with Crippen LogP contribution in [0.4, 0.5) is 5.69 Å². The molecule has 0 unspecified atom stereocenters. The molecular formula is C25H30N4O3. The van der Waals surface area contributed by atoms with Gasteiger partial charge in [-0.25, -0.2) is 4.98 Å². The van der Waals surface area contributed by atoms with Gasteiger partial charge in [0.15, 0.2) is 5.58 Å². The zero-order valence-corrected chi connectivity index (χ0v) is 18.7. The minimum absolute atomic E-state index is 0.00968. The number of hydrogen-bond donors (Lipinski definition) is 1. The van der Waals surface area contributed by atoms with E-state index in [1.54, 1.807) is 0 Å². The van der Waals surface area contributed by atoms with Gasteiger partial charge in [-0.15, -0.1) is 0 Å². The molecule has 7 nitrogen and oxygen atoms in total. The molecule has 168 valence electrons. The number of para-hydroxylation sites is 2. The summed E-state index contributed by atoms with van der Waals surface area (Å²) in [7, 11) is 0. The van der Waals surface area contributed by atoms with Gasteiger partial charge < -0.3 is 14.6 Å². The van der Waals surface area contributed by atoms with E-state index in [1.165, 1.54) is 0 Å². The van der Waals surface area contributed by atoms with E-state index in [2.05, 4.69) is 29.0 Å². The molecule has 0 atom stereocenters. The Morgan fingerprint density at radius 2 is 1.75 bits per heavy atom. The van der Waals surface area contributed by atoms with Gasteiger partial charge in [0, 0.05) is 30.3 Å². The highest BCUT2D eigenvalue weighted by Gasteiger charge is 2.27. The number of anilines is 1. The third kappa shape index (κ3) is 4.99. The first-order valence-electron chi connectivity index (χ1n) is 11.3. The fraction of sp³-hybridized carbons (Fsp3) is 0.400. The van der Waals surface area contributed by atoms with E-state index in [-0.39, 0.29) is 17.7 Å². The van der Waals surface area contributed by atoms with Gasteiger partial charge in [-0.2, -0.15) is 0 Å². The number of nitrogens with one attached hydrogen (secondary N) is 1. The molecule has 0 aliphatic carbocycles. The van der Waals surface area contributed by atoms with Gasteiger partial charge in [-0.3, -0.25) is 14.5 Å². The summed E-state index contributed by atoms with van der Waals surface area (Å²) in [5.41, 5.74) is 3.18. The Labute approximate surface area is 188 Å². The first kappa shape index (κ1) is 22.0. The number of oxazole rings is 1. The molecule has 1 N–H and O–H groups in total. The maximum atomic E-state index is 12.7. The third-order valence-corrected chi connectivity index (χ3v) is 6.17. The number of benzene rings is 2. The maximum absolute atomic E-state index is 12.7. The van der Waals surface area contributed by atoms with Crippen molar-refractivity contribution in [1.82, 2.24) is 14.8 Å². The zero-order valence-electron chi connectivity index (χ0n) is 18.7. The number of fused-ring (bicyclic) bond motifs is 1. The monoisotopic (exact) mass is 434 g/mol. The Morgan fingerprint density at radius 1 is 1.06 bits per heavy atom. The summed E-state index contributed by atoms with van der Waals surface area (Å²) in [6.45, 7) is 7.58. The smallest absolute Gasteiger partial charge is 0.236 e. The second-order valence-corrected chi connectivity index (χ2v) is 8.17.